The van der Waals surface area contributed by atoms with Gasteiger partial charge in [-0.2, -0.15) is 0 Å². The first-order valence-corrected chi connectivity index (χ1v) is 8.89. The Bertz CT molecular complexity index is 1230. The number of nitrogens with zero attached hydrogens (tertiary/aromatic N) is 2. The van der Waals surface area contributed by atoms with Crippen LogP contribution in [-0.4, -0.2) is 20.0 Å². The molecule has 1 aromatic carbocycles. The number of aryl methyl sites for hydroxylation is 2. The Labute approximate surface area is 151 Å². The number of furan rings is 1. The van der Waals surface area contributed by atoms with Crippen LogP contribution in [-0.2, 0) is 13.0 Å². The molecule has 4 aromatic rings. The number of carboxylic acids is 1. The molecule has 0 amide bonds. The standard InChI is InChI=1S/C19H12N2O4S/c22-16-6-15-18-13(4-5-21(15)8-14(16)19(23)24)12-3-1-2-11(17(12)25-18)10-7-20-26-9-10/h1-3,6-9H,4-5H2,(H,23,24). The molecular formula is C19H12N2O4S. The van der Waals surface area contributed by atoms with E-state index in [1.54, 1.807) is 10.8 Å². The van der Waals surface area contributed by atoms with Crippen molar-refractivity contribution in [1.82, 2.24) is 8.94 Å². The molecule has 0 radical (unpaired) electrons. The zero-order valence-corrected chi connectivity index (χ0v) is 14.2. The van der Waals surface area contributed by atoms with E-state index in [0.29, 0.717) is 24.4 Å². The summed E-state index contributed by atoms with van der Waals surface area (Å²) in [4.78, 5) is 23.4. The zero-order chi connectivity index (χ0) is 17.8. The van der Waals surface area contributed by atoms with Gasteiger partial charge in [0, 0.05) is 52.5 Å². The second-order valence-corrected chi connectivity index (χ2v) is 6.85. The summed E-state index contributed by atoms with van der Waals surface area (Å²) in [5.41, 5.74) is 3.64. The predicted octanol–water partition coefficient (Wildman–Crippen LogP) is 3.64. The van der Waals surface area contributed by atoms with Crippen molar-refractivity contribution in [3.63, 3.8) is 0 Å². The molecule has 3 aromatic heterocycles. The van der Waals surface area contributed by atoms with E-state index in [-0.39, 0.29) is 5.56 Å². The highest BCUT2D eigenvalue weighted by Gasteiger charge is 2.25. The van der Waals surface area contributed by atoms with E-state index in [1.165, 1.54) is 23.8 Å². The van der Waals surface area contributed by atoms with Crippen LogP contribution in [0.1, 0.15) is 15.9 Å². The van der Waals surface area contributed by atoms with Gasteiger partial charge in [-0.05, 0) is 18.0 Å². The summed E-state index contributed by atoms with van der Waals surface area (Å²) in [7, 11) is 0. The summed E-state index contributed by atoms with van der Waals surface area (Å²) in [6.45, 7) is 0.599. The molecule has 1 aliphatic rings. The van der Waals surface area contributed by atoms with E-state index in [2.05, 4.69) is 4.37 Å². The van der Waals surface area contributed by atoms with Crippen LogP contribution >= 0.6 is 11.5 Å². The second-order valence-electron chi connectivity index (χ2n) is 6.19. The lowest BCUT2D eigenvalue weighted by molar-refractivity contribution is 0.0694. The molecule has 6 nitrogen and oxygen atoms in total. The number of hydrogen-bond donors (Lipinski definition) is 1. The minimum absolute atomic E-state index is 0.224. The van der Waals surface area contributed by atoms with Crippen molar-refractivity contribution in [2.24, 2.45) is 0 Å². The maximum Gasteiger partial charge on any atom is 0.341 e. The van der Waals surface area contributed by atoms with Crippen LogP contribution in [0.2, 0.25) is 0 Å². The lowest BCUT2D eigenvalue weighted by Gasteiger charge is -2.18. The third-order valence-electron chi connectivity index (χ3n) is 4.76. The van der Waals surface area contributed by atoms with Gasteiger partial charge in [0.2, 0.25) is 0 Å². The smallest absolute Gasteiger partial charge is 0.341 e. The largest absolute Gasteiger partial charge is 0.477 e. The molecule has 0 atom stereocenters. The molecule has 5 rings (SSSR count). The summed E-state index contributed by atoms with van der Waals surface area (Å²) < 4.78 is 12.1. The molecule has 26 heavy (non-hydrogen) atoms. The maximum atomic E-state index is 12.2. The van der Waals surface area contributed by atoms with Crippen LogP contribution in [0.4, 0.5) is 0 Å². The number of aromatic nitrogens is 2. The molecule has 0 saturated heterocycles. The fraction of sp³-hybridized carbons (Fsp3) is 0.105. The van der Waals surface area contributed by atoms with Crippen molar-refractivity contribution < 1.29 is 14.3 Å². The van der Waals surface area contributed by atoms with Crippen LogP contribution < -0.4 is 5.43 Å². The van der Waals surface area contributed by atoms with Crippen molar-refractivity contribution in [1.29, 1.82) is 0 Å². The lowest BCUT2D eigenvalue weighted by Crippen LogP contribution is -2.21. The number of benzene rings is 1. The molecule has 1 aliphatic heterocycles. The van der Waals surface area contributed by atoms with Crippen LogP contribution in [0.15, 0.2) is 51.3 Å². The average molecular weight is 364 g/mol. The van der Waals surface area contributed by atoms with Gasteiger partial charge in [-0.25, -0.2) is 9.17 Å². The van der Waals surface area contributed by atoms with Crippen LogP contribution in [0.25, 0.3) is 33.6 Å². The van der Waals surface area contributed by atoms with Crippen molar-refractivity contribution in [3.05, 3.63) is 63.4 Å². The van der Waals surface area contributed by atoms with Crippen LogP contribution in [0.5, 0.6) is 0 Å². The summed E-state index contributed by atoms with van der Waals surface area (Å²) in [5.74, 6) is -0.580. The van der Waals surface area contributed by atoms with Gasteiger partial charge in [-0.3, -0.25) is 4.79 Å². The molecule has 128 valence electrons. The minimum Gasteiger partial charge on any atom is -0.477 e. The first-order valence-electron chi connectivity index (χ1n) is 8.06. The number of rotatable bonds is 2. The van der Waals surface area contributed by atoms with Crippen molar-refractivity contribution in [2.75, 3.05) is 0 Å². The molecule has 0 saturated carbocycles. The second kappa shape index (κ2) is 5.40. The van der Waals surface area contributed by atoms with E-state index in [1.807, 2.05) is 23.6 Å². The highest BCUT2D eigenvalue weighted by Crippen LogP contribution is 2.40. The third-order valence-corrected chi connectivity index (χ3v) is 5.34. The van der Waals surface area contributed by atoms with Gasteiger partial charge in [0.15, 0.2) is 11.2 Å². The monoisotopic (exact) mass is 364 g/mol. The van der Waals surface area contributed by atoms with Gasteiger partial charge in [-0.15, -0.1) is 0 Å². The van der Waals surface area contributed by atoms with E-state index < -0.39 is 11.4 Å². The molecule has 0 spiro atoms. The van der Waals surface area contributed by atoms with Gasteiger partial charge < -0.3 is 14.1 Å². The highest BCUT2D eigenvalue weighted by atomic mass is 32.1. The van der Waals surface area contributed by atoms with Crippen molar-refractivity contribution in [3.8, 4) is 22.6 Å². The SMILES string of the molecule is O=C(O)c1cn2c(cc1=O)-c1oc3c(-c4cnsc4)cccc3c1CC2. The normalized spacial score (nSPS) is 12.8. The molecule has 0 bridgehead atoms. The number of carbonyl (C=O) groups is 1. The topological polar surface area (TPSA) is 85.3 Å². The van der Waals surface area contributed by atoms with E-state index >= 15 is 0 Å². The van der Waals surface area contributed by atoms with E-state index in [9.17, 15) is 14.7 Å². The third kappa shape index (κ3) is 2.07. The predicted molar refractivity (Wildman–Crippen MR) is 97.7 cm³/mol. The summed E-state index contributed by atoms with van der Waals surface area (Å²) >= 11 is 1.38. The Hall–Kier alpha value is -3.19. The summed E-state index contributed by atoms with van der Waals surface area (Å²) in [5, 5.41) is 12.2. The number of fused-ring (bicyclic) bond motifs is 5. The number of hydrogen-bond acceptors (Lipinski definition) is 5. The molecule has 4 heterocycles. The number of pyridine rings is 1. The Balaban J connectivity index is 1.79. The number of carboxylic acid groups (broad SMARTS) is 1. The summed E-state index contributed by atoms with van der Waals surface area (Å²) in [6, 6.07) is 7.35. The first-order chi connectivity index (χ1) is 12.6. The Kier molecular flexibility index (Phi) is 3.14. The Morgan fingerprint density at radius 2 is 2.23 bits per heavy atom. The Morgan fingerprint density at radius 1 is 1.35 bits per heavy atom. The highest BCUT2D eigenvalue weighted by molar-refractivity contribution is 7.03. The molecule has 7 heteroatoms. The quantitative estimate of drug-likeness (QED) is 0.587. The molecule has 0 unspecified atom stereocenters. The van der Waals surface area contributed by atoms with E-state index in [4.69, 9.17) is 4.42 Å². The van der Waals surface area contributed by atoms with Gasteiger partial charge in [0.25, 0.3) is 0 Å². The van der Waals surface area contributed by atoms with E-state index in [0.717, 1.165) is 27.7 Å². The minimum atomic E-state index is -1.21. The molecular weight excluding hydrogens is 352 g/mol. The fourth-order valence-corrected chi connectivity index (χ4v) is 4.08. The van der Waals surface area contributed by atoms with Crippen molar-refractivity contribution in [2.45, 2.75) is 13.0 Å². The van der Waals surface area contributed by atoms with Gasteiger partial charge >= 0.3 is 5.97 Å². The average Bonchev–Trinajstić information content (AvgIpc) is 3.28. The van der Waals surface area contributed by atoms with Crippen LogP contribution in [0.3, 0.4) is 0 Å². The maximum absolute atomic E-state index is 12.2. The molecule has 0 aliphatic carbocycles. The van der Waals surface area contributed by atoms with Crippen molar-refractivity contribution >= 4 is 28.5 Å². The number of para-hydroxylation sites is 1. The van der Waals surface area contributed by atoms with Crippen LogP contribution in [0, 0.1) is 0 Å². The molecule has 1 N–H and O–H groups in total. The zero-order valence-electron chi connectivity index (χ0n) is 13.4. The van der Waals surface area contributed by atoms with Gasteiger partial charge in [0.1, 0.15) is 11.1 Å². The number of aromatic carboxylic acids is 1. The Morgan fingerprint density at radius 3 is 3.00 bits per heavy atom. The molecule has 0 fully saturated rings. The fourth-order valence-electron chi connectivity index (χ4n) is 3.54. The van der Waals surface area contributed by atoms with Gasteiger partial charge in [-0.1, -0.05) is 18.2 Å². The summed E-state index contributed by atoms with van der Waals surface area (Å²) in [6.07, 6.45) is 3.92. The first kappa shape index (κ1) is 15.1. The lowest BCUT2D eigenvalue weighted by atomic mass is 9.99. The van der Waals surface area contributed by atoms with Gasteiger partial charge in [0.05, 0.1) is 5.69 Å².